The third-order valence-corrected chi connectivity index (χ3v) is 2.32. The van der Waals surface area contributed by atoms with Crippen LogP contribution in [0.5, 0.6) is 0 Å². The second-order valence-electron chi connectivity index (χ2n) is 4.51. The lowest BCUT2D eigenvalue weighted by Crippen LogP contribution is -2.16. The molecule has 15 heavy (non-hydrogen) atoms. The SMILES string of the molecule is C#CCC(C)(C)CC(=O)c1ccccc1. The molecule has 0 amide bonds. The van der Waals surface area contributed by atoms with Crippen molar-refractivity contribution in [2.75, 3.05) is 0 Å². The number of hydrogen-bond donors (Lipinski definition) is 0. The van der Waals surface area contributed by atoms with E-state index in [0.29, 0.717) is 12.8 Å². The quantitative estimate of drug-likeness (QED) is 0.538. The number of ketones is 1. The molecule has 0 saturated heterocycles. The van der Waals surface area contributed by atoms with Gasteiger partial charge in [0.2, 0.25) is 0 Å². The fourth-order valence-corrected chi connectivity index (χ4v) is 1.50. The van der Waals surface area contributed by atoms with Crippen molar-refractivity contribution in [2.45, 2.75) is 26.7 Å². The first-order valence-corrected chi connectivity index (χ1v) is 5.07. The van der Waals surface area contributed by atoms with Crippen LogP contribution in [0.4, 0.5) is 0 Å². The maximum absolute atomic E-state index is 11.9. The van der Waals surface area contributed by atoms with Crippen LogP contribution in [0.2, 0.25) is 0 Å². The van der Waals surface area contributed by atoms with Crippen LogP contribution in [-0.2, 0) is 0 Å². The van der Waals surface area contributed by atoms with E-state index in [9.17, 15) is 4.79 Å². The van der Waals surface area contributed by atoms with Crippen molar-refractivity contribution in [3.63, 3.8) is 0 Å². The van der Waals surface area contributed by atoms with Crippen molar-refractivity contribution in [3.05, 3.63) is 35.9 Å². The van der Waals surface area contributed by atoms with E-state index in [1.54, 1.807) is 0 Å². The molecule has 1 aromatic rings. The average Bonchev–Trinajstić information content (AvgIpc) is 2.18. The average molecular weight is 200 g/mol. The van der Waals surface area contributed by atoms with Gasteiger partial charge in [0, 0.05) is 18.4 Å². The van der Waals surface area contributed by atoms with Gasteiger partial charge in [-0.15, -0.1) is 12.3 Å². The largest absolute Gasteiger partial charge is 0.294 e. The molecule has 1 aromatic carbocycles. The zero-order valence-electron chi connectivity index (χ0n) is 9.29. The highest BCUT2D eigenvalue weighted by atomic mass is 16.1. The highest BCUT2D eigenvalue weighted by Gasteiger charge is 2.21. The van der Waals surface area contributed by atoms with E-state index in [1.807, 2.05) is 44.2 Å². The standard InChI is InChI=1S/C14H16O/c1-4-10-14(2,3)11-13(15)12-8-6-5-7-9-12/h1,5-9H,10-11H2,2-3H3. The summed E-state index contributed by atoms with van der Waals surface area (Å²) in [6, 6.07) is 9.34. The van der Waals surface area contributed by atoms with Gasteiger partial charge in [0.1, 0.15) is 0 Å². The topological polar surface area (TPSA) is 17.1 Å². The van der Waals surface area contributed by atoms with Gasteiger partial charge in [-0.2, -0.15) is 0 Å². The lowest BCUT2D eigenvalue weighted by Gasteiger charge is -2.20. The summed E-state index contributed by atoms with van der Waals surface area (Å²) < 4.78 is 0. The molecule has 1 rings (SSSR count). The molecule has 0 bridgehead atoms. The molecule has 0 aliphatic rings. The molecule has 0 aromatic heterocycles. The minimum Gasteiger partial charge on any atom is -0.294 e. The van der Waals surface area contributed by atoms with Crippen LogP contribution < -0.4 is 0 Å². The molecule has 0 aliphatic heterocycles. The Labute approximate surface area is 91.5 Å². The van der Waals surface area contributed by atoms with Crippen molar-refractivity contribution in [2.24, 2.45) is 5.41 Å². The van der Waals surface area contributed by atoms with Crippen molar-refractivity contribution in [1.82, 2.24) is 0 Å². The maximum atomic E-state index is 11.9. The number of terminal acetylenes is 1. The first-order chi connectivity index (χ1) is 7.05. The van der Waals surface area contributed by atoms with Crippen molar-refractivity contribution in [3.8, 4) is 12.3 Å². The zero-order valence-corrected chi connectivity index (χ0v) is 9.29. The first kappa shape index (κ1) is 11.5. The number of benzene rings is 1. The van der Waals surface area contributed by atoms with E-state index < -0.39 is 0 Å². The molecule has 0 unspecified atom stereocenters. The van der Waals surface area contributed by atoms with E-state index in [2.05, 4.69) is 5.92 Å². The number of carbonyl (C=O) groups excluding carboxylic acids is 1. The number of Topliss-reactive ketones (excluding diaryl/α,β-unsaturated/α-hetero) is 1. The number of rotatable bonds is 4. The summed E-state index contributed by atoms with van der Waals surface area (Å²) in [5.41, 5.74) is 0.657. The van der Waals surface area contributed by atoms with Gasteiger partial charge in [0.25, 0.3) is 0 Å². The lowest BCUT2D eigenvalue weighted by atomic mass is 9.83. The van der Waals surface area contributed by atoms with Gasteiger partial charge in [-0.3, -0.25) is 4.79 Å². The van der Waals surface area contributed by atoms with Crippen LogP contribution in [-0.4, -0.2) is 5.78 Å². The van der Waals surface area contributed by atoms with Gasteiger partial charge in [0.05, 0.1) is 0 Å². The second kappa shape index (κ2) is 4.79. The third-order valence-electron chi connectivity index (χ3n) is 2.32. The highest BCUT2D eigenvalue weighted by molar-refractivity contribution is 5.96. The molecular formula is C14H16O. The number of hydrogen-bond acceptors (Lipinski definition) is 1. The molecule has 0 fully saturated rings. The molecule has 0 spiro atoms. The summed E-state index contributed by atoms with van der Waals surface area (Å²) in [6.45, 7) is 4.04. The summed E-state index contributed by atoms with van der Waals surface area (Å²) in [5, 5.41) is 0. The van der Waals surface area contributed by atoms with E-state index in [4.69, 9.17) is 6.42 Å². The Hall–Kier alpha value is -1.55. The molecule has 0 radical (unpaired) electrons. The van der Waals surface area contributed by atoms with Crippen molar-refractivity contribution in [1.29, 1.82) is 0 Å². The summed E-state index contributed by atoms with van der Waals surface area (Å²) in [4.78, 5) is 11.9. The van der Waals surface area contributed by atoms with Crippen LogP contribution in [0.3, 0.4) is 0 Å². The third kappa shape index (κ3) is 3.59. The fourth-order valence-electron chi connectivity index (χ4n) is 1.50. The Kier molecular flexibility index (Phi) is 3.68. The Morgan fingerprint density at radius 1 is 1.33 bits per heavy atom. The maximum Gasteiger partial charge on any atom is 0.163 e. The smallest absolute Gasteiger partial charge is 0.163 e. The molecule has 78 valence electrons. The van der Waals surface area contributed by atoms with E-state index in [-0.39, 0.29) is 11.2 Å². The number of carbonyl (C=O) groups is 1. The van der Waals surface area contributed by atoms with Crippen molar-refractivity contribution >= 4 is 5.78 Å². The molecule has 0 aliphatic carbocycles. The second-order valence-corrected chi connectivity index (χ2v) is 4.51. The molecule has 1 nitrogen and oxygen atoms in total. The fraction of sp³-hybridized carbons (Fsp3) is 0.357. The van der Waals surface area contributed by atoms with Gasteiger partial charge in [0.15, 0.2) is 5.78 Å². The Bertz CT molecular complexity index is 368. The van der Waals surface area contributed by atoms with Gasteiger partial charge in [-0.25, -0.2) is 0 Å². The predicted octanol–water partition coefficient (Wildman–Crippen LogP) is 3.31. The van der Waals surface area contributed by atoms with Gasteiger partial charge in [-0.1, -0.05) is 44.2 Å². The van der Waals surface area contributed by atoms with Crippen LogP contribution >= 0.6 is 0 Å². The van der Waals surface area contributed by atoms with E-state index >= 15 is 0 Å². The molecule has 0 atom stereocenters. The molecule has 1 heteroatoms. The summed E-state index contributed by atoms with van der Waals surface area (Å²) in [5.74, 6) is 2.78. The minimum atomic E-state index is -0.109. The molecule has 0 heterocycles. The summed E-state index contributed by atoms with van der Waals surface area (Å²) >= 11 is 0. The van der Waals surface area contributed by atoms with Crippen molar-refractivity contribution < 1.29 is 4.79 Å². The van der Waals surface area contributed by atoms with Gasteiger partial charge < -0.3 is 0 Å². The first-order valence-electron chi connectivity index (χ1n) is 5.07. The van der Waals surface area contributed by atoms with Crippen LogP contribution in [0.25, 0.3) is 0 Å². The van der Waals surface area contributed by atoms with Gasteiger partial charge in [-0.05, 0) is 5.41 Å². The minimum absolute atomic E-state index is 0.109. The normalized spacial score (nSPS) is 10.7. The monoisotopic (exact) mass is 200 g/mol. The van der Waals surface area contributed by atoms with Gasteiger partial charge >= 0.3 is 0 Å². The van der Waals surface area contributed by atoms with Crippen LogP contribution in [0.1, 0.15) is 37.0 Å². The highest BCUT2D eigenvalue weighted by Crippen LogP contribution is 2.26. The summed E-state index contributed by atoms with van der Waals surface area (Å²) in [7, 11) is 0. The molecule has 0 saturated carbocycles. The van der Waals surface area contributed by atoms with E-state index in [1.165, 1.54) is 0 Å². The zero-order chi connectivity index (χ0) is 11.3. The predicted molar refractivity (Wildman–Crippen MR) is 62.6 cm³/mol. The Morgan fingerprint density at radius 2 is 1.93 bits per heavy atom. The lowest BCUT2D eigenvalue weighted by molar-refractivity contribution is 0.0933. The Balaban J connectivity index is 2.69. The van der Waals surface area contributed by atoms with Crippen LogP contribution in [0.15, 0.2) is 30.3 Å². The molecule has 0 N–H and O–H groups in total. The summed E-state index contributed by atoms with van der Waals surface area (Å²) in [6.07, 6.45) is 6.40. The Morgan fingerprint density at radius 3 is 2.47 bits per heavy atom. The molecular weight excluding hydrogens is 184 g/mol. The van der Waals surface area contributed by atoms with E-state index in [0.717, 1.165) is 5.56 Å². The van der Waals surface area contributed by atoms with Crippen LogP contribution in [0, 0.1) is 17.8 Å².